The lowest BCUT2D eigenvalue weighted by Gasteiger charge is -2.46. The van der Waals surface area contributed by atoms with E-state index in [0.29, 0.717) is 19.0 Å². The maximum absolute atomic E-state index is 11.3. The first-order valence-corrected chi connectivity index (χ1v) is 5.36. The summed E-state index contributed by atoms with van der Waals surface area (Å²) in [7, 11) is 1.21. The Morgan fingerprint density at radius 1 is 1.50 bits per heavy atom. The first-order chi connectivity index (χ1) is 7.53. The molecule has 16 heavy (non-hydrogen) atoms. The number of methoxy groups -OCH3 is 1. The van der Waals surface area contributed by atoms with E-state index in [0.717, 1.165) is 12.8 Å². The highest BCUT2D eigenvalue weighted by atomic mass is 16.5. The topological polar surface area (TPSA) is 78.9 Å². The van der Waals surface area contributed by atoms with Crippen molar-refractivity contribution in [1.29, 1.82) is 0 Å². The summed E-state index contributed by atoms with van der Waals surface area (Å²) >= 11 is 0. The van der Waals surface area contributed by atoms with Crippen molar-refractivity contribution in [2.75, 3.05) is 26.7 Å². The van der Waals surface area contributed by atoms with E-state index in [2.05, 4.69) is 10.1 Å². The fourth-order valence-electron chi connectivity index (χ4n) is 2.13. The summed E-state index contributed by atoms with van der Waals surface area (Å²) in [6, 6.07) is 0. The summed E-state index contributed by atoms with van der Waals surface area (Å²) in [6.45, 7) is 1.17. The molecular weight excluding hydrogens is 212 g/mol. The van der Waals surface area contributed by atoms with Crippen LogP contribution in [0.1, 0.15) is 12.8 Å². The van der Waals surface area contributed by atoms with Crippen LogP contribution < -0.4 is 5.32 Å². The van der Waals surface area contributed by atoms with Gasteiger partial charge in [0.25, 0.3) is 0 Å². The van der Waals surface area contributed by atoms with Crippen LogP contribution in [-0.2, 0) is 9.53 Å². The summed E-state index contributed by atoms with van der Waals surface area (Å²) in [6.07, 6.45) is 1.42. The third-order valence-corrected chi connectivity index (χ3v) is 3.13. The van der Waals surface area contributed by atoms with Crippen molar-refractivity contribution in [3.8, 4) is 0 Å². The molecule has 2 rings (SSSR count). The molecule has 0 atom stereocenters. The van der Waals surface area contributed by atoms with Gasteiger partial charge in [0.05, 0.1) is 19.3 Å². The number of hydrogen-bond acceptors (Lipinski definition) is 5. The Morgan fingerprint density at radius 2 is 2.12 bits per heavy atom. The molecule has 0 spiro atoms. The van der Waals surface area contributed by atoms with E-state index in [4.69, 9.17) is 0 Å². The highest BCUT2D eigenvalue weighted by molar-refractivity contribution is 5.92. The van der Waals surface area contributed by atoms with Gasteiger partial charge in [-0.25, -0.2) is 4.79 Å². The molecule has 1 aliphatic heterocycles. The second-order valence-corrected chi connectivity index (χ2v) is 4.56. The molecule has 6 nitrogen and oxygen atoms in total. The Labute approximate surface area is 93.6 Å². The molecular formula is C10H16N2O4. The molecule has 2 amide bonds. The number of ether oxygens (including phenoxy) is 1. The number of β-amino-alcohol motifs (C(OH)–C–C–N with tert-alkyl or cyclic N) is 1. The zero-order chi connectivity index (χ0) is 11.8. The molecule has 2 aliphatic rings. The number of hydrogen-bond donors (Lipinski definition) is 2. The Morgan fingerprint density at radius 3 is 2.62 bits per heavy atom. The molecule has 1 aliphatic carbocycles. The second-order valence-electron chi connectivity index (χ2n) is 4.56. The molecule has 1 saturated carbocycles. The van der Waals surface area contributed by atoms with Crippen molar-refractivity contribution < 1.29 is 19.4 Å². The van der Waals surface area contributed by atoms with Crippen LogP contribution in [0.5, 0.6) is 0 Å². The number of amides is 2. The van der Waals surface area contributed by atoms with Gasteiger partial charge in [-0.1, -0.05) is 0 Å². The van der Waals surface area contributed by atoms with Gasteiger partial charge in [-0.3, -0.25) is 15.0 Å². The van der Waals surface area contributed by atoms with E-state index in [9.17, 15) is 14.7 Å². The summed E-state index contributed by atoms with van der Waals surface area (Å²) in [4.78, 5) is 23.8. The van der Waals surface area contributed by atoms with Gasteiger partial charge in [0.2, 0.25) is 5.91 Å². The number of nitrogens with zero attached hydrogens (tertiary/aromatic N) is 1. The molecule has 1 heterocycles. The van der Waals surface area contributed by atoms with Crippen molar-refractivity contribution >= 4 is 12.0 Å². The Hall–Kier alpha value is -1.14. The highest BCUT2D eigenvalue weighted by Crippen LogP contribution is 2.44. The minimum Gasteiger partial charge on any atom is -0.453 e. The van der Waals surface area contributed by atoms with E-state index in [1.54, 1.807) is 0 Å². The number of alkyl carbamates (subject to hydrolysis) is 1. The zero-order valence-electron chi connectivity index (χ0n) is 9.23. The van der Waals surface area contributed by atoms with E-state index < -0.39 is 17.6 Å². The van der Waals surface area contributed by atoms with Crippen LogP contribution >= 0.6 is 0 Å². The second kappa shape index (κ2) is 4.03. The van der Waals surface area contributed by atoms with Crippen molar-refractivity contribution in [3.63, 3.8) is 0 Å². The largest absolute Gasteiger partial charge is 0.453 e. The lowest BCUT2D eigenvalue weighted by molar-refractivity contribution is -0.135. The Kier molecular flexibility index (Phi) is 2.86. The van der Waals surface area contributed by atoms with Gasteiger partial charge in [-0.15, -0.1) is 0 Å². The lowest BCUT2D eigenvalue weighted by Crippen LogP contribution is -2.64. The maximum atomic E-state index is 11.3. The van der Waals surface area contributed by atoms with Crippen LogP contribution in [0.25, 0.3) is 0 Å². The van der Waals surface area contributed by atoms with E-state index in [1.807, 2.05) is 4.90 Å². The first-order valence-electron chi connectivity index (χ1n) is 5.36. The van der Waals surface area contributed by atoms with E-state index in [-0.39, 0.29) is 6.54 Å². The SMILES string of the molecule is COC(=O)NC(=O)CN1CC(O)(C2CC2)C1. The predicted molar refractivity (Wildman–Crippen MR) is 54.7 cm³/mol. The fraction of sp³-hybridized carbons (Fsp3) is 0.800. The standard InChI is InChI=1S/C10H16N2O4/c1-16-9(14)11-8(13)4-12-5-10(15,6-12)7-2-3-7/h7,15H,2-6H2,1H3,(H,11,13,14). The van der Waals surface area contributed by atoms with Crippen molar-refractivity contribution in [2.24, 2.45) is 5.92 Å². The molecule has 0 aromatic rings. The number of carbonyl (C=O) groups is 2. The van der Waals surface area contributed by atoms with Gasteiger partial charge in [0.15, 0.2) is 0 Å². The van der Waals surface area contributed by atoms with Gasteiger partial charge in [0, 0.05) is 13.1 Å². The molecule has 2 N–H and O–H groups in total. The molecule has 1 saturated heterocycles. The zero-order valence-corrected chi connectivity index (χ0v) is 9.23. The van der Waals surface area contributed by atoms with Crippen LogP contribution in [0.15, 0.2) is 0 Å². The number of nitrogens with one attached hydrogen (secondary N) is 1. The van der Waals surface area contributed by atoms with Gasteiger partial charge < -0.3 is 9.84 Å². The van der Waals surface area contributed by atoms with Crippen LogP contribution in [0.3, 0.4) is 0 Å². The molecule has 0 radical (unpaired) electrons. The van der Waals surface area contributed by atoms with Crippen LogP contribution in [0, 0.1) is 5.92 Å². The lowest BCUT2D eigenvalue weighted by atomic mass is 9.89. The number of likely N-dealkylation sites (tertiary alicyclic amines) is 1. The van der Waals surface area contributed by atoms with Gasteiger partial charge in [-0.05, 0) is 18.8 Å². The monoisotopic (exact) mass is 228 g/mol. The fourth-order valence-corrected chi connectivity index (χ4v) is 2.13. The molecule has 90 valence electrons. The number of rotatable bonds is 3. The average Bonchev–Trinajstić information content (AvgIpc) is 2.97. The van der Waals surface area contributed by atoms with Crippen molar-refractivity contribution in [3.05, 3.63) is 0 Å². The molecule has 0 aromatic carbocycles. The quantitative estimate of drug-likeness (QED) is 0.669. The Balaban J connectivity index is 1.68. The van der Waals surface area contributed by atoms with Crippen LogP contribution in [-0.4, -0.2) is 54.4 Å². The van der Waals surface area contributed by atoms with Gasteiger partial charge in [0.1, 0.15) is 0 Å². The summed E-state index contributed by atoms with van der Waals surface area (Å²) in [5.74, 6) is 0.0112. The molecule has 0 unspecified atom stereocenters. The van der Waals surface area contributed by atoms with Gasteiger partial charge in [-0.2, -0.15) is 0 Å². The minimum absolute atomic E-state index is 0.129. The maximum Gasteiger partial charge on any atom is 0.413 e. The smallest absolute Gasteiger partial charge is 0.413 e. The van der Waals surface area contributed by atoms with E-state index >= 15 is 0 Å². The number of imide groups is 1. The number of aliphatic hydroxyl groups is 1. The van der Waals surface area contributed by atoms with Gasteiger partial charge >= 0.3 is 6.09 Å². The third kappa shape index (κ3) is 2.33. The summed E-state index contributed by atoms with van der Waals surface area (Å²) < 4.78 is 4.30. The molecule has 0 bridgehead atoms. The average molecular weight is 228 g/mol. The molecule has 2 fully saturated rings. The summed E-state index contributed by atoms with van der Waals surface area (Å²) in [5, 5.41) is 12.1. The Bertz CT molecular complexity index is 308. The highest BCUT2D eigenvalue weighted by Gasteiger charge is 2.51. The van der Waals surface area contributed by atoms with Crippen molar-refractivity contribution in [1.82, 2.24) is 10.2 Å². The van der Waals surface area contributed by atoms with Crippen LogP contribution in [0.4, 0.5) is 4.79 Å². The van der Waals surface area contributed by atoms with Crippen LogP contribution in [0.2, 0.25) is 0 Å². The normalized spacial score (nSPS) is 23.4. The predicted octanol–water partition coefficient (Wildman–Crippen LogP) is -0.674. The van der Waals surface area contributed by atoms with Crippen molar-refractivity contribution in [2.45, 2.75) is 18.4 Å². The number of carbonyl (C=O) groups excluding carboxylic acids is 2. The first kappa shape index (κ1) is 11.3. The van der Waals surface area contributed by atoms with E-state index in [1.165, 1.54) is 7.11 Å². The minimum atomic E-state index is -0.747. The molecule has 6 heteroatoms. The summed E-state index contributed by atoms with van der Waals surface area (Å²) in [5.41, 5.74) is -0.592. The third-order valence-electron chi connectivity index (χ3n) is 3.13. The molecule has 0 aromatic heterocycles.